The summed E-state index contributed by atoms with van der Waals surface area (Å²) in [6.07, 6.45) is 0.135. The molecule has 0 unspecified atom stereocenters. The molecule has 0 aliphatic carbocycles. The van der Waals surface area contributed by atoms with Crippen LogP contribution in [-0.2, 0) is 32.6 Å². The minimum atomic E-state index is -4.26. The Hall–Kier alpha value is -4.70. The Morgan fingerprint density at radius 3 is 2.04 bits per heavy atom. The van der Waals surface area contributed by atoms with E-state index in [1.54, 1.807) is 74.5 Å². The van der Waals surface area contributed by atoms with Gasteiger partial charge in [0.05, 0.1) is 17.2 Å². The lowest BCUT2D eigenvalue weighted by Gasteiger charge is -2.34. The zero-order chi connectivity index (χ0) is 32.4. The van der Waals surface area contributed by atoms with Crippen molar-refractivity contribution >= 4 is 27.5 Å². The molecule has 2 amide bonds. The molecule has 4 aromatic rings. The highest BCUT2D eigenvalue weighted by Gasteiger charge is 2.35. The van der Waals surface area contributed by atoms with Crippen LogP contribution in [0, 0.1) is 5.82 Å². The summed E-state index contributed by atoms with van der Waals surface area (Å²) in [4.78, 5) is 29.3. The molecule has 4 rings (SSSR count). The molecule has 1 atom stereocenters. The molecule has 0 bridgehead atoms. The summed E-state index contributed by atoms with van der Waals surface area (Å²) in [7, 11) is -4.26. The Balaban J connectivity index is 1.78. The normalized spacial score (nSPS) is 11.9. The van der Waals surface area contributed by atoms with Gasteiger partial charge in [-0.2, -0.15) is 0 Å². The molecule has 0 heterocycles. The molecule has 0 aliphatic heterocycles. The third-order valence-electron chi connectivity index (χ3n) is 7.05. The standard InChI is InChI=1S/C35H38FN3O5S/c1-4-44-30-19-21-31(22-20-30)45(42,43)39(29-16-9-6-10-17-29)25-34(40)38(24-28-15-11-12-18-32(28)36)33(35(41)37-26(2)3)23-27-13-7-5-8-14-27/h5-22,26,33H,4,23-25H2,1-3H3,(H,37,41)/t33-/m0/s1. The number of nitrogens with zero attached hydrogens (tertiary/aromatic N) is 2. The third kappa shape index (κ3) is 8.69. The fraction of sp³-hybridized carbons (Fsp3) is 0.257. The number of anilines is 1. The second-order valence-electron chi connectivity index (χ2n) is 10.7. The predicted octanol–water partition coefficient (Wildman–Crippen LogP) is 5.58. The van der Waals surface area contributed by atoms with Crippen LogP contribution < -0.4 is 14.4 Å². The topological polar surface area (TPSA) is 96.0 Å². The van der Waals surface area contributed by atoms with E-state index >= 15 is 0 Å². The molecule has 10 heteroatoms. The number of hydrogen-bond acceptors (Lipinski definition) is 5. The number of carbonyl (C=O) groups is 2. The highest BCUT2D eigenvalue weighted by molar-refractivity contribution is 7.92. The Morgan fingerprint density at radius 1 is 0.844 bits per heavy atom. The number of hydrogen-bond donors (Lipinski definition) is 1. The Morgan fingerprint density at radius 2 is 1.44 bits per heavy atom. The van der Waals surface area contributed by atoms with Gasteiger partial charge in [0.1, 0.15) is 24.2 Å². The molecule has 45 heavy (non-hydrogen) atoms. The van der Waals surface area contributed by atoms with Crippen LogP contribution in [0.2, 0.25) is 0 Å². The summed E-state index contributed by atoms with van der Waals surface area (Å²) < 4.78 is 49.6. The third-order valence-corrected chi connectivity index (χ3v) is 8.83. The first-order chi connectivity index (χ1) is 21.6. The number of para-hydroxylation sites is 1. The number of carbonyl (C=O) groups excluding carboxylic acids is 2. The number of benzene rings is 4. The van der Waals surface area contributed by atoms with Gasteiger partial charge in [0.25, 0.3) is 10.0 Å². The van der Waals surface area contributed by atoms with Crippen molar-refractivity contribution in [2.45, 2.75) is 50.7 Å². The van der Waals surface area contributed by atoms with Crippen LogP contribution in [-0.4, -0.2) is 50.4 Å². The first-order valence-corrected chi connectivity index (χ1v) is 16.2. The van der Waals surface area contributed by atoms with Gasteiger partial charge in [-0.05, 0) is 68.8 Å². The fourth-order valence-electron chi connectivity index (χ4n) is 4.87. The Bertz CT molecular complexity index is 1670. The van der Waals surface area contributed by atoms with Gasteiger partial charge in [0, 0.05) is 24.6 Å². The summed E-state index contributed by atoms with van der Waals surface area (Å²) in [5.41, 5.74) is 1.24. The molecule has 8 nitrogen and oxygen atoms in total. The van der Waals surface area contributed by atoms with Crippen molar-refractivity contribution in [3.8, 4) is 5.75 Å². The maximum atomic E-state index is 15.0. The second kappa shape index (κ2) is 15.3. The van der Waals surface area contributed by atoms with Gasteiger partial charge in [-0.15, -0.1) is 0 Å². The molecule has 0 fully saturated rings. The van der Waals surface area contributed by atoms with Crippen LogP contribution in [0.25, 0.3) is 0 Å². The predicted molar refractivity (Wildman–Crippen MR) is 173 cm³/mol. The fourth-order valence-corrected chi connectivity index (χ4v) is 6.28. The van der Waals surface area contributed by atoms with E-state index in [0.29, 0.717) is 12.4 Å². The molecule has 236 valence electrons. The maximum Gasteiger partial charge on any atom is 0.264 e. The molecule has 1 N–H and O–H groups in total. The monoisotopic (exact) mass is 631 g/mol. The molecule has 0 aromatic heterocycles. The Kier molecular flexibility index (Phi) is 11.3. The van der Waals surface area contributed by atoms with E-state index in [4.69, 9.17) is 4.74 Å². The largest absolute Gasteiger partial charge is 0.494 e. The molecule has 0 saturated carbocycles. The van der Waals surface area contributed by atoms with E-state index in [-0.39, 0.29) is 35.2 Å². The van der Waals surface area contributed by atoms with Gasteiger partial charge < -0.3 is 15.0 Å². The van der Waals surface area contributed by atoms with Crippen LogP contribution in [0.4, 0.5) is 10.1 Å². The number of nitrogens with one attached hydrogen (secondary N) is 1. The number of ether oxygens (including phenoxy) is 1. The number of rotatable bonds is 14. The quantitative estimate of drug-likeness (QED) is 0.196. The molecule has 0 saturated heterocycles. The van der Waals surface area contributed by atoms with Crippen LogP contribution in [0.15, 0.2) is 114 Å². The first-order valence-electron chi connectivity index (χ1n) is 14.8. The van der Waals surface area contributed by atoms with Gasteiger partial charge in [-0.1, -0.05) is 66.7 Å². The average Bonchev–Trinajstić information content (AvgIpc) is 3.03. The highest BCUT2D eigenvalue weighted by atomic mass is 32.2. The zero-order valence-corrected chi connectivity index (χ0v) is 26.4. The van der Waals surface area contributed by atoms with E-state index in [2.05, 4.69) is 5.32 Å². The van der Waals surface area contributed by atoms with Crippen LogP contribution in [0.1, 0.15) is 31.9 Å². The summed E-state index contributed by atoms with van der Waals surface area (Å²) in [5, 5.41) is 2.89. The van der Waals surface area contributed by atoms with Crippen molar-refractivity contribution in [3.05, 3.63) is 126 Å². The highest BCUT2D eigenvalue weighted by Crippen LogP contribution is 2.26. The summed E-state index contributed by atoms with van der Waals surface area (Å²) in [6, 6.07) is 28.1. The van der Waals surface area contributed by atoms with Crippen molar-refractivity contribution in [2.24, 2.45) is 0 Å². The van der Waals surface area contributed by atoms with Crippen molar-refractivity contribution in [1.82, 2.24) is 10.2 Å². The minimum absolute atomic E-state index is 0.0401. The van der Waals surface area contributed by atoms with Gasteiger partial charge in [0.15, 0.2) is 0 Å². The lowest BCUT2D eigenvalue weighted by atomic mass is 10.0. The van der Waals surface area contributed by atoms with E-state index in [1.807, 2.05) is 37.3 Å². The van der Waals surface area contributed by atoms with Crippen molar-refractivity contribution in [2.75, 3.05) is 17.5 Å². The SMILES string of the molecule is CCOc1ccc(S(=O)(=O)N(CC(=O)N(Cc2ccccc2F)[C@@H](Cc2ccccc2)C(=O)NC(C)C)c2ccccc2)cc1. The van der Waals surface area contributed by atoms with Gasteiger partial charge >= 0.3 is 0 Å². The minimum Gasteiger partial charge on any atom is -0.494 e. The van der Waals surface area contributed by atoms with Crippen LogP contribution in [0.3, 0.4) is 0 Å². The van der Waals surface area contributed by atoms with Crippen molar-refractivity contribution < 1.29 is 27.1 Å². The molecule has 0 radical (unpaired) electrons. The van der Waals surface area contributed by atoms with Gasteiger partial charge in [-0.25, -0.2) is 12.8 Å². The van der Waals surface area contributed by atoms with Crippen molar-refractivity contribution in [3.63, 3.8) is 0 Å². The van der Waals surface area contributed by atoms with Gasteiger partial charge in [-0.3, -0.25) is 13.9 Å². The zero-order valence-electron chi connectivity index (χ0n) is 25.6. The molecule has 4 aromatic carbocycles. The summed E-state index contributed by atoms with van der Waals surface area (Å²) in [6.45, 7) is 4.98. The van der Waals surface area contributed by atoms with E-state index < -0.39 is 40.2 Å². The van der Waals surface area contributed by atoms with E-state index in [0.717, 1.165) is 9.87 Å². The first kappa shape index (κ1) is 33.2. The van der Waals surface area contributed by atoms with E-state index in [9.17, 15) is 22.4 Å². The number of sulfonamides is 1. The Labute approximate surface area is 264 Å². The maximum absolute atomic E-state index is 15.0. The lowest BCUT2D eigenvalue weighted by Crippen LogP contribution is -2.54. The smallest absolute Gasteiger partial charge is 0.264 e. The molecule has 0 aliphatic rings. The summed E-state index contributed by atoms with van der Waals surface area (Å²) in [5.74, 6) is -1.13. The lowest BCUT2D eigenvalue weighted by molar-refractivity contribution is -0.140. The molecular formula is C35H38FN3O5S. The second-order valence-corrected chi connectivity index (χ2v) is 12.6. The molecular weight excluding hydrogens is 593 g/mol. The number of amides is 2. The van der Waals surface area contributed by atoms with E-state index in [1.165, 1.54) is 23.1 Å². The van der Waals surface area contributed by atoms with Gasteiger partial charge in [0.2, 0.25) is 11.8 Å². The van der Waals surface area contributed by atoms with Crippen LogP contribution >= 0.6 is 0 Å². The summed E-state index contributed by atoms with van der Waals surface area (Å²) >= 11 is 0. The molecule has 0 spiro atoms. The average molecular weight is 632 g/mol. The number of halogens is 1. The van der Waals surface area contributed by atoms with Crippen molar-refractivity contribution in [1.29, 1.82) is 0 Å². The van der Waals surface area contributed by atoms with Crippen LogP contribution in [0.5, 0.6) is 5.75 Å².